The van der Waals surface area contributed by atoms with Gasteiger partial charge in [0.25, 0.3) is 0 Å². The van der Waals surface area contributed by atoms with E-state index in [1.807, 2.05) is 71.9 Å². The number of benzene rings is 2. The van der Waals surface area contributed by atoms with Gasteiger partial charge in [-0.05, 0) is 56.5 Å². The first-order valence-corrected chi connectivity index (χ1v) is 15.5. The second-order valence-electron chi connectivity index (χ2n) is 12.5. The van der Waals surface area contributed by atoms with Crippen molar-refractivity contribution in [1.29, 1.82) is 0 Å². The molecule has 0 saturated carbocycles. The first-order chi connectivity index (χ1) is 19.0. The molecule has 2 rings (SSSR count). The number of carbonyl (C=O) groups is 2. The Morgan fingerprint density at radius 2 is 1.51 bits per heavy atom. The second-order valence-corrected chi connectivity index (χ2v) is 14.4. The molecule has 10 heteroatoms. The van der Waals surface area contributed by atoms with Gasteiger partial charge < -0.3 is 20.6 Å². The molecule has 0 saturated heterocycles. The van der Waals surface area contributed by atoms with Gasteiger partial charge in [-0.2, -0.15) is 4.31 Å². The molecule has 0 heterocycles. The minimum Gasteiger partial charge on any atom is -0.390 e. The molecule has 9 nitrogen and oxygen atoms in total. The minimum absolute atomic E-state index is 0.00164. The molecule has 2 amide bonds. The van der Waals surface area contributed by atoms with Crippen LogP contribution in [0.25, 0.3) is 0 Å². The Balaban J connectivity index is 2.39. The molecule has 0 aromatic heterocycles. The maximum Gasteiger partial charge on any atom is 0.243 e. The molecule has 2 aromatic rings. The summed E-state index contributed by atoms with van der Waals surface area (Å²) < 4.78 is 28.6. The Kier molecular flexibility index (Phi) is 12.5. The Hall–Kier alpha value is -2.79. The molecule has 3 atom stereocenters. The zero-order chi connectivity index (χ0) is 31.0. The van der Waals surface area contributed by atoms with Crippen molar-refractivity contribution in [2.24, 2.45) is 11.3 Å². The maximum atomic E-state index is 13.6. The number of hydrogen-bond donors (Lipinski definition) is 3. The predicted octanol–water partition coefficient (Wildman–Crippen LogP) is 2.82. The summed E-state index contributed by atoms with van der Waals surface area (Å²) in [4.78, 5) is 28.1. The fourth-order valence-corrected chi connectivity index (χ4v) is 6.08. The van der Waals surface area contributed by atoms with Crippen molar-refractivity contribution < 1.29 is 23.1 Å². The van der Waals surface area contributed by atoms with Crippen LogP contribution in [0.1, 0.15) is 45.7 Å². The molecule has 0 aliphatic carbocycles. The molecule has 228 valence electrons. The highest BCUT2D eigenvalue weighted by atomic mass is 32.2. The molecular weight excluding hydrogens is 540 g/mol. The molecule has 0 fully saturated rings. The summed E-state index contributed by atoms with van der Waals surface area (Å²) in [5.41, 5.74) is 1.20. The molecule has 41 heavy (non-hydrogen) atoms. The van der Waals surface area contributed by atoms with Crippen LogP contribution < -0.4 is 10.6 Å². The number of aryl methyl sites for hydroxylation is 1. The summed E-state index contributed by atoms with van der Waals surface area (Å²) >= 11 is 0. The van der Waals surface area contributed by atoms with E-state index in [0.717, 1.165) is 11.1 Å². The van der Waals surface area contributed by atoms with E-state index in [2.05, 4.69) is 10.6 Å². The fraction of sp³-hybridized carbons (Fsp3) is 0.548. The van der Waals surface area contributed by atoms with Crippen LogP contribution in [-0.4, -0.2) is 86.5 Å². The van der Waals surface area contributed by atoms with Crippen molar-refractivity contribution in [2.45, 2.75) is 71.0 Å². The van der Waals surface area contributed by atoms with E-state index in [-0.39, 0.29) is 42.8 Å². The van der Waals surface area contributed by atoms with E-state index in [1.54, 1.807) is 43.3 Å². The van der Waals surface area contributed by atoms with Crippen LogP contribution >= 0.6 is 0 Å². The molecule has 0 aliphatic rings. The van der Waals surface area contributed by atoms with Crippen molar-refractivity contribution in [3.8, 4) is 0 Å². The number of amides is 2. The monoisotopic (exact) mass is 588 g/mol. The van der Waals surface area contributed by atoms with Gasteiger partial charge in [0.1, 0.15) is 6.04 Å². The van der Waals surface area contributed by atoms with Gasteiger partial charge in [-0.3, -0.25) is 9.59 Å². The lowest BCUT2D eigenvalue weighted by molar-refractivity contribution is -0.132. The summed E-state index contributed by atoms with van der Waals surface area (Å²) in [6.45, 7) is 11.4. The normalized spacial score (nSPS) is 14.6. The van der Waals surface area contributed by atoms with Crippen molar-refractivity contribution in [3.05, 3.63) is 65.7 Å². The van der Waals surface area contributed by atoms with Crippen LogP contribution in [0, 0.1) is 18.3 Å². The van der Waals surface area contributed by atoms with Crippen molar-refractivity contribution in [1.82, 2.24) is 19.8 Å². The lowest BCUT2D eigenvalue weighted by Gasteiger charge is -2.34. The molecule has 0 radical (unpaired) electrons. The van der Waals surface area contributed by atoms with Gasteiger partial charge in [-0.15, -0.1) is 0 Å². The number of likely N-dealkylation sites (N-methyl/N-ethyl adjacent to an activating group) is 1. The first kappa shape index (κ1) is 34.4. The molecule has 0 bridgehead atoms. The quantitative estimate of drug-likeness (QED) is 0.312. The van der Waals surface area contributed by atoms with Gasteiger partial charge in [0, 0.05) is 13.1 Å². The average molecular weight is 589 g/mol. The lowest BCUT2D eigenvalue weighted by atomic mass is 9.85. The van der Waals surface area contributed by atoms with Gasteiger partial charge in [0.05, 0.1) is 23.6 Å². The largest absolute Gasteiger partial charge is 0.390 e. The summed E-state index contributed by atoms with van der Waals surface area (Å²) in [5.74, 6) is -0.735. The van der Waals surface area contributed by atoms with Crippen molar-refractivity contribution >= 4 is 21.8 Å². The first-order valence-electron chi connectivity index (χ1n) is 14.0. The third-order valence-corrected chi connectivity index (χ3v) is 8.45. The summed E-state index contributed by atoms with van der Waals surface area (Å²) in [6, 6.07) is 14.3. The SMILES string of the molecule is Cc1ccc(S(=O)(=O)N(CC(C)C)CC(O)C(Cc2ccccc2)NC(=O)[C@@H](NC(=O)CN(C)C)C(C)(C)C)cc1. The van der Waals surface area contributed by atoms with Crippen LogP contribution in [0.5, 0.6) is 0 Å². The number of aliphatic hydroxyl groups excluding tert-OH is 1. The van der Waals surface area contributed by atoms with Crippen molar-refractivity contribution in [2.75, 3.05) is 33.7 Å². The topological polar surface area (TPSA) is 119 Å². The van der Waals surface area contributed by atoms with Crippen LogP contribution in [0.3, 0.4) is 0 Å². The van der Waals surface area contributed by atoms with Gasteiger partial charge in [-0.25, -0.2) is 8.42 Å². The van der Waals surface area contributed by atoms with Gasteiger partial charge in [-0.1, -0.05) is 82.6 Å². The van der Waals surface area contributed by atoms with E-state index in [0.29, 0.717) is 0 Å². The molecular formula is C31H48N4O5S. The smallest absolute Gasteiger partial charge is 0.243 e. The number of hydrogen-bond acceptors (Lipinski definition) is 6. The van der Waals surface area contributed by atoms with Gasteiger partial charge >= 0.3 is 0 Å². The molecule has 0 aliphatic heterocycles. The van der Waals surface area contributed by atoms with Crippen LogP contribution in [0.2, 0.25) is 0 Å². The van der Waals surface area contributed by atoms with E-state index >= 15 is 0 Å². The number of sulfonamides is 1. The second kappa shape index (κ2) is 14.9. The fourth-order valence-electron chi connectivity index (χ4n) is 4.46. The van der Waals surface area contributed by atoms with E-state index in [1.165, 1.54) is 4.31 Å². The van der Waals surface area contributed by atoms with Crippen LogP contribution in [0.4, 0.5) is 0 Å². The maximum absolute atomic E-state index is 13.6. The van der Waals surface area contributed by atoms with Crippen LogP contribution in [-0.2, 0) is 26.0 Å². The zero-order valence-corrected chi connectivity index (χ0v) is 26.5. The van der Waals surface area contributed by atoms with Crippen molar-refractivity contribution in [3.63, 3.8) is 0 Å². The Labute approximate surface area is 246 Å². The zero-order valence-electron chi connectivity index (χ0n) is 25.7. The Morgan fingerprint density at radius 1 is 0.927 bits per heavy atom. The molecule has 0 spiro atoms. The third kappa shape index (κ3) is 10.8. The predicted molar refractivity (Wildman–Crippen MR) is 163 cm³/mol. The lowest BCUT2D eigenvalue weighted by Crippen LogP contribution is -2.59. The number of aliphatic hydroxyl groups is 1. The minimum atomic E-state index is -3.91. The Bertz CT molecular complexity index is 1230. The molecule has 2 aromatic carbocycles. The Morgan fingerprint density at radius 3 is 2.02 bits per heavy atom. The highest BCUT2D eigenvalue weighted by Gasteiger charge is 2.36. The van der Waals surface area contributed by atoms with Gasteiger partial charge in [0.2, 0.25) is 21.8 Å². The van der Waals surface area contributed by atoms with E-state index in [9.17, 15) is 23.1 Å². The highest BCUT2D eigenvalue weighted by molar-refractivity contribution is 7.89. The number of carbonyl (C=O) groups excluding carboxylic acids is 2. The highest BCUT2D eigenvalue weighted by Crippen LogP contribution is 2.22. The van der Waals surface area contributed by atoms with Gasteiger partial charge in [0.15, 0.2) is 0 Å². The summed E-state index contributed by atoms with van der Waals surface area (Å²) in [7, 11) is -0.372. The third-order valence-electron chi connectivity index (χ3n) is 6.60. The van der Waals surface area contributed by atoms with E-state index < -0.39 is 39.5 Å². The summed E-state index contributed by atoms with van der Waals surface area (Å²) in [6.07, 6.45) is -0.952. The average Bonchev–Trinajstić information content (AvgIpc) is 2.86. The number of nitrogens with one attached hydrogen (secondary N) is 2. The number of nitrogens with zero attached hydrogens (tertiary/aromatic N) is 2. The van der Waals surface area contributed by atoms with E-state index in [4.69, 9.17) is 0 Å². The van der Waals surface area contributed by atoms with Crippen LogP contribution in [0.15, 0.2) is 59.5 Å². The molecule has 3 N–H and O–H groups in total. The standard InChI is InChI=1S/C31H48N4O5S/c1-22(2)19-35(41(39,40)25-16-14-23(3)15-17-25)20-27(36)26(18-24-12-10-9-11-13-24)32-30(38)29(31(4,5)6)33-28(37)21-34(7)8/h9-17,22,26-27,29,36H,18-21H2,1-8H3,(H,32,38)(H,33,37)/t26?,27?,29-/m1/s1. The number of rotatable bonds is 14. The summed E-state index contributed by atoms with van der Waals surface area (Å²) in [5, 5.41) is 17.3. The molecule has 2 unspecified atom stereocenters.